The van der Waals surface area contributed by atoms with Gasteiger partial charge in [0.25, 0.3) is 5.91 Å². The maximum atomic E-state index is 11.5. The molecule has 1 atom stereocenters. The molecule has 1 aromatic carbocycles. The second-order valence-corrected chi connectivity index (χ2v) is 4.19. The summed E-state index contributed by atoms with van der Waals surface area (Å²) in [7, 11) is 1.74. The molecule has 0 saturated carbocycles. The van der Waals surface area contributed by atoms with Gasteiger partial charge >= 0.3 is 0 Å². The molecule has 0 radical (unpaired) electrons. The Morgan fingerprint density at radius 1 is 1.33 bits per heavy atom. The van der Waals surface area contributed by atoms with E-state index in [9.17, 15) is 9.90 Å². The lowest BCUT2D eigenvalue weighted by atomic mass is 10.1. The standard InChI is InChI=1S/C14H21NO3/c1-4-13(16)11-6-8-12(9-7-11)18-10-14(17)15(3)5-2/h6-9,13,16H,4-5,10H2,1-3H3/t13-/m1/s1. The van der Waals surface area contributed by atoms with E-state index in [-0.39, 0.29) is 12.5 Å². The van der Waals surface area contributed by atoms with Crippen molar-refractivity contribution in [1.82, 2.24) is 4.90 Å². The molecule has 0 aliphatic rings. The average Bonchev–Trinajstić information content (AvgIpc) is 2.43. The van der Waals surface area contributed by atoms with Crippen LogP contribution in [0.3, 0.4) is 0 Å². The Kier molecular flexibility index (Phi) is 5.65. The maximum absolute atomic E-state index is 11.5. The summed E-state index contributed by atoms with van der Waals surface area (Å²) in [6.07, 6.45) is 0.242. The zero-order valence-electron chi connectivity index (χ0n) is 11.2. The molecule has 100 valence electrons. The molecule has 0 aliphatic heterocycles. The molecule has 0 spiro atoms. The molecule has 1 amide bonds. The van der Waals surface area contributed by atoms with Gasteiger partial charge < -0.3 is 14.7 Å². The highest BCUT2D eigenvalue weighted by molar-refractivity contribution is 5.77. The van der Waals surface area contributed by atoms with Crippen molar-refractivity contribution in [2.75, 3.05) is 20.2 Å². The Bertz CT molecular complexity index is 375. The third-order valence-electron chi connectivity index (χ3n) is 2.91. The van der Waals surface area contributed by atoms with E-state index in [1.807, 2.05) is 26.0 Å². The zero-order chi connectivity index (χ0) is 13.5. The van der Waals surface area contributed by atoms with Gasteiger partial charge in [0, 0.05) is 13.6 Å². The van der Waals surface area contributed by atoms with Gasteiger partial charge in [0.15, 0.2) is 6.61 Å². The maximum Gasteiger partial charge on any atom is 0.260 e. The number of benzene rings is 1. The summed E-state index contributed by atoms with van der Waals surface area (Å²) in [6, 6.07) is 7.18. The molecule has 0 fully saturated rings. The molecule has 1 N–H and O–H groups in total. The molecular formula is C14H21NO3. The molecule has 1 aromatic rings. The van der Waals surface area contributed by atoms with Crippen LogP contribution in [0.15, 0.2) is 24.3 Å². The first-order valence-electron chi connectivity index (χ1n) is 6.23. The first-order chi connectivity index (χ1) is 8.58. The van der Waals surface area contributed by atoms with Gasteiger partial charge in [-0.05, 0) is 31.0 Å². The lowest BCUT2D eigenvalue weighted by Crippen LogP contribution is -2.31. The van der Waals surface area contributed by atoms with E-state index >= 15 is 0 Å². The number of nitrogens with zero attached hydrogens (tertiary/aromatic N) is 1. The van der Waals surface area contributed by atoms with Crippen molar-refractivity contribution in [2.45, 2.75) is 26.4 Å². The van der Waals surface area contributed by atoms with Crippen molar-refractivity contribution in [3.63, 3.8) is 0 Å². The van der Waals surface area contributed by atoms with Gasteiger partial charge in [0.05, 0.1) is 6.10 Å². The lowest BCUT2D eigenvalue weighted by Gasteiger charge is -2.15. The third-order valence-corrected chi connectivity index (χ3v) is 2.91. The Labute approximate surface area is 108 Å². The van der Waals surface area contributed by atoms with Crippen LogP contribution in [0.1, 0.15) is 31.9 Å². The van der Waals surface area contributed by atoms with Crippen molar-refractivity contribution in [3.8, 4) is 5.75 Å². The number of amides is 1. The van der Waals surface area contributed by atoms with Crippen molar-refractivity contribution >= 4 is 5.91 Å². The number of carbonyl (C=O) groups excluding carboxylic acids is 1. The minimum atomic E-state index is -0.438. The number of likely N-dealkylation sites (N-methyl/N-ethyl adjacent to an activating group) is 1. The van der Waals surface area contributed by atoms with Gasteiger partial charge in [-0.25, -0.2) is 0 Å². The van der Waals surface area contributed by atoms with E-state index in [1.54, 1.807) is 24.1 Å². The molecule has 4 heteroatoms. The van der Waals surface area contributed by atoms with Crippen molar-refractivity contribution in [1.29, 1.82) is 0 Å². The molecule has 1 rings (SSSR count). The van der Waals surface area contributed by atoms with Crippen LogP contribution in [-0.4, -0.2) is 36.1 Å². The minimum absolute atomic E-state index is 0.0417. The number of aliphatic hydroxyl groups is 1. The Hall–Kier alpha value is -1.55. The second-order valence-electron chi connectivity index (χ2n) is 4.19. The average molecular weight is 251 g/mol. The fraction of sp³-hybridized carbons (Fsp3) is 0.500. The Morgan fingerprint density at radius 3 is 2.44 bits per heavy atom. The Balaban J connectivity index is 2.51. The van der Waals surface area contributed by atoms with Gasteiger partial charge in [-0.1, -0.05) is 19.1 Å². The van der Waals surface area contributed by atoms with Crippen LogP contribution in [0.25, 0.3) is 0 Å². The number of carbonyl (C=O) groups is 1. The second kappa shape index (κ2) is 7.01. The zero-order valence-corrected chi connectivity index (χ0v) is 11.2. The quantitative estimate of drug-likeness (QED) is 0.841. The normalized spacial score (nSPS) is 12.0. The summed E-state index contributed by atoms with van der Waals surface area (Å²) in [5.41, 5.74) is 0.863. The van der Waals surface area contributed by atoms with Crippen LogP contribution in [0.5, 0.6) is 5.75 Å². The third kappa shape index (κ3) is 4.04. The number of hydrogen-bond acceptors (Lipinski definition) is 3. The highest BCUT2D eigenvalue weighted by Gasteiger charge is 2.08. The van der Waals surface area contributed by atoms with E-state index in [0.717, 1.165) is 5.56 Å². The van der Waals surface area contributed by atoms with E-state index in [0.29, 0.717) is 18.7 Å². The molecule has 0 aromatic heterocycles. The van der Waals surface area contributed by atoms with Crippen LogP contribution < -0.4 is 4.74 Å². The number of aliphatic hydroxyl groups excluding tert-OH is 1. The van der Waals surface area contributed by atoms with Gasteiger partial charge in [-0.15, -0.1) is 0 Å². The number of hydrogen-bond donors (Lipinski definition) is 1. The van der Waals surface area contributed by atoms with Gasteiger partial charge in [0.1, 0.15) is 5.75 Å². The van der Waals surface area contributed by atoms with E-state index in [4.69, 9.17) is 4.74 Å². The predicted molar refractivity (Wildman–Crippen MR) is 70.5 cm³/mol. The number of rotatable bonds is 6. The molecule has 0 aliphatic carbocycles. The fourth-order valence-electron chi connectivity index (χ4n) is 1.45. The van der Waals surface area contributed by atoms with E-state index in [1.165, 1.54) is 0 Å². The summed E-state index contributed by atoms with van der Waals surface area (Å²) in [6.45, 7) is 4.55. The molecule has 0 unspecified atom stereocenters. The molecule has 0 bridgehead atoms. The topological polar surface area (TPSA) is 49.8 Å². The SMILES string of the molecule is CC[C@@H](O)c1ccc(OCC(=O)N(C)CC)cc1. The first kappa shape index (κ1) is 14.5. The smallest absolute Gasteiger partial charge is 0.260 e. The molecular weight excluding hydrogens is 230 g/mol. The van der Waals surface area contributed by atoms with Crippen LogP contribution in [0.2, 0.25) is 0 Å². The lowest BCUT2D eigenvalue weighted by molar-refractivity contribution is -0.131. The molecule has 0 heterocycles. The highest BCUT2D eigenvalue weighted by Crippen LogP contribution is 2.19. The Morgan fingerprint density at radius 2 is 1.94 bits per heavy atom. The predicted octanol–water partition coefficient (Wildman–Crippen LogP) is 1.99. The van der Waals surface area contributed by atoms with Gasteiger partial charge in [-0.3, -0.25) is 4.79 Å². The monoisotopic (exact) mass is 251 g/mol. The highest BCUT2D eigenvalue weighted by atomic mass is 16.5. The minimum Gasteiger partial charge on any atom is -0.484 e. The van der Waals surface area contributed by atoms with Gasteiger partial charge in [0.2, 0.25) is 0 Å². The van der Waals surface area contributed by atoms with Crippen LogP contribution in [0.4, 0.5) is 0 Å². The van der Waals surface area contributed by atoms with Crippen molar-refractivity contribution in [2.24, 2.45) is 0 Å². The molecule has 18 heavy (non-hydrogen) atoms. The summed E-state index contributed by atoms with van der Waals surface area (Å²) in [5.74, 6) is 0.593. The molecule has 4 nitrogen and oxygen atoms in total. The van der Waals surface area contributed by atoms with Crippen LogP contribution in [0, 0.1) is 0 Å². The fourth-order valence-corrected chi connectivity index (χ4v) is 1.45. The summed E-state index contributed by atoms with van der Waals surface area (Å²) < 4.78 is 5.39. The van der Waals surface area contributed by atoms with Crippen LogP contribution in [-0.2, 0) is 4.79 Å². The number of ether oxygens (including phenoxy) is 1. The summed E-state index contributed by atoms with van der Waals surface area (Å²) in [4.78, 5) is 13.1. The van der Waals surface area contributed by atoms with Crippen molar-refractivity contribution in [3.05, 3.63) is 29.8 Å². The summed E-state index contributed by atoms with van der Waals surface area (Å²) in [5, 5.41) is 9.64. The van der Waals surface area contributed by atoms with E-state index in [2.05, 4.69) is 0 Å². The van der Waals surface area contributed by atoms with E-state index < -0.39 is 6.10 Å². The summed E-state index contributed by atoms with van der Waals surface area (Å²) >= 11 is 0. The largest absolute Gasteiger partial charge is 0.484 e. The van der Waals surface area contributed by atoms with Gasteiger partial charge in [-0.2, -0.15) is 0 Å². The first-order valence-corrected chi connectivity index (χ1v) is 6.23. The van der Waals surface area contributed by atoms with Crippen LogP contribution >= 0.6 is 0 Å². The molecule has 0 saturated heterocycles. The van der Waals surface area contributed by atoms with Crippen molar-refractivity contribution < 1.29 is 14.6 Å².